The van der Waals surface area contributed by atoms with Crippen molar-refractivity contribution in [3.8, 4) is 0 Å². The van der Waals surface area contributed by atoms with Gasteiger partial charge in [-0.1, -0.05) is 13.3 Å². The fourth-order valence-corrected chi connectivity index (χ4v) is 2.21. The Labute approximate surface area is 114 Å². The van der Waals surface area contributed by atoms with Crippen molar-refractivity contribution in [2.24, 2.45) is 11.7 Å². The summed E-state index contributed by atoms with van der Waals surface area (Å²) in [5, 5.41) is 2.91. The van der Waals surface area contributed by atoms with E-state index in [0.29, 0.717) is 30.1 Å². The Bertz CT molecular complexity index is 415. The lowest BCUT2D eigenvalue weighted by molar-refractivity contribution is 0.0945. The van der Waals surface area contributed by atoms with Gasteiger partial charge in [0.1, 0.15) is 5.82 Å². The SMILES string of the molecule is CCCC(CCN)CNC(=O)c1ccc(F)cc1C. The first kappa shape index (κ1) is 15.6. The lowest BCUT2D eigenvalue weighted by atomic mass is 9.99. The lowest BCUT2D eigenvalue weighted by Crippen LogP contribution is -2.30. The van der Waals surface area contributed by atoms with E-state index in [9.17, 15) is 9.18 Å². The second-order valence-corrected chi connectivity index (χ2v) is 4.90. The van der Waals surface area contributed by atoms with Crippen molar-refractivity contribution in [2.75, 3.05) is 13.1 Å². The molecule has 0 heterocycles. The molecule has 1 atom stereocenters. The van der Waals surface area contributed by atoms with Gasteiger partial charge in [0.15, 0.2) is 0 Å². The summed E-state index contributed by atoms with van der Waals surface area (Å²) in [5.41, 5.74) is 6.75. The molecule has 106 valence electrons. The molecule has 1 aromatic rings. The number of benzene rings is 1. The number of amides is 1. The first-order chi connectivity index (χ1) is 9.08. The predicted molar refractivity (Wildman–Crippen MR) is 75.5 cm³/mol. The first-order valence-electron chi connectivity index (χ1n) is 6.82. The lowest BCUT2D eigenvalue weighted by Gasteiger charge is -2.16. The molecular formula is C15H23FN2O. The molecule has 0 radical (unpaired) electrons. The van der Waals surface area contributed by atoms with Gasteiger partial charge in [0, 0.05) is 12.1 Å². The molecule has 0 saturated heterocycles. The third-order valence-corrected chi connectivity index (χ3v) is 3.26. The van der Waals surface area contributed by atoms with Gasteiger partial charge in [-0.05, 0) is 56.0 Å². The molecule has 1 unspecified atom stereocenters. The molecule has 0 aliphatic carbocycles. The van der Waals surface area contributed by atoms with Gasteiger partial charge >= 0.3 is 0 Å². The highest BCUT2D eigenvalue weighted by atomic mass is 19.1. The molecule has 0 aliphatic rings. The van der Waals surface area contributed by atoms with E-state index in [1.165, 1.54) is 18.2 Å². The maximum absolute atomic E-state index is 13.0. The molecule has 1 rings (SSSR count). The normalized spacial score (nSPS) is 12.2. The molecule has 1 amide bonds. The van der Waals surface area contributed by atoms with Crippen LogP contribution >= 0.6 is 0 Å². The molecule has 3 nitrogen and oxygen atoms in total. The Balaban J connectivity index is 2.58. The fourth-order valence-electron chi connectivity index (χ4n) is 2.21. The Morgan fingerprint density at radius 3 is 2.74 bits per heavy atom. The minimum Gasteiger partial charge on any atom is -0.352 e. The number of carbonyl (C=O) groups is 1. The van der Waals surface area contributed by atoms with Gasteiger partial charge in [-0.25, -0.2) is 4.39 Å². The molecule has 0 aliphatic heterocycles. The van der Waals surface area contributed by atoms with Crippen LogP contribution in [0.15, 0.2) is 18.2 Å². The van der Waals surface area contributed by atoms with Crippen LogP contribution in [-0.4, -0.2) is 19.0 Å². The minimum absolute atomic E-state index is 0.143. The van der Waals surface area contributed by atoms with Crippen LogP contribution in [-0.2, 0) is 0 Å². The number of nitrogens with one attached hydrogen (secondary N) is 1. The standard InChI is InChI=1S/C15H23FN2O/c1-3-4-12(7-8-17)10-18-15(19)14-6-5-13(16)9-11(14)2/h5-6,9,12H,3-4,7-8,10,17H2,1-2H3,(H,18,19). The molecule has 3 N–H and O–H groups in total. The van der Waals surface area contributed by atoms with Crippen molar-refractivity contribution < 1.29 is 9.18 Å². The largest absolute Gasteiger partial charge is 0.352 e. The molecule has 4 heteroatoms. The van der Waals surface area contributed by atoms with Crippen molar-refractivity contribution in [1.29, 1.82) is 0 Å². The second-order valence-electron chi connectivity index (χ2n) is 4.90. The van der Waals surface area contributed by atoms with Gasteiger partial charge in [-0.15, -0.1) is 0 Å². The summed E-state index contributed by atoms with van der Waals surface area (Å²) in [6, 6.07) is 4.21. The summed E-state index contributed by atoms with van der Waals surface area (Å²) in [5.74, 6) is -0.0450. The Morgan fingerprint density at radius 1 is 1.42 bits per heavy atom. The van der Waals surface area contributed by atoms with Crippen LogP contribution in [0.25, 0.3) is 0 Å². The average Bonchev–Trinajstić information content (AvgIpc) is 2.36. The zero-order valence-electron chi connectivity index (χ0n) is 11.7. The van der Waals surface area contributed by atoms with Crippen LogP contribution in [0.3, 0.4) is 0 Å². The van der Waals surface area contributed by atoms with E-state index in [2.05, 4.69) is 12.2 Å². The molecule has 0 spiro atoms. The van der Waals surface area contributed by atoms with Crippen LogP contribution in [0.4, 0.5) is 4.39 Å². The first-order valence-corrected chi connectivity index (χ1v) is 6.82. The maximum atomic E-state index is 13.0. The summed E-state index contributed by atoms with van der Waals surface area (Å²) in [6.45, 7) is 5.12. The zero-order valence-corrected chi connectivity index (χ0v) is 11.7. The number of rotatable bonds is 7. The van der Waals surface area contributed by atoms with Crippen LogP contribution in [0.2, 0.25) is 0 Å². The van der Waals surface area contributed by atoms with E-state index >= 15 is 0 Å². The summed E-state index contributed by atoms with van der Waals surface area (Å²) in [6.07, 6.45) is 3.05. The number of nitrogens with two attached hydrogens (primary N) is 1. The van der Waals surface area contributed by atoms with Gasteiger partial charge in [0.25, 0.3) is 5.91 Å². The third-order valence-electron chi connectivity index (χ3n) is 3.26. The van der Waals surface area contributed by atoms with Gasteiger partial charge in [0.2, 0.25) is 0 Å². The van der Waals surface area contributed by atoms with E-state index in [-0.39, 0.29) is 11.7 Å². The summed E-state index contributed by atoms with van der Waals surface area (Å²) in [4.78, 5) is 12.0. The molecule has 0 saturated carbocycles. The zero-order chi connectivity index (χ0) is 14.3. The highest BCUT2D eigenvalue weighted by Crippen LogP contribution is 2.12. The maximum Gasteiger partial charge on any atom is 0.251 e. The predicted octanol–water partition coefficient (Wildman–Crippen LogP) is 2.63. The van der Waals surface area contributed by atoms with E-state index in [0.717, 1.165) is 19.3 Å². The van der Waals surface area contributed by atoms with Gasteiger partial charge in [-0.2, -0.15) is 0 Å². The highest BCUT2D eigenvalue weighted by Gasteiger charge is 2.12. The average molecular weight is 266 g/mol. The Morgan fingerprint density at radius 2 is 2.16 bits per heavy atom. The smallest absolute Gasteiger partial charge is 0.251 e. The molecule has 19 heavy (non-hydrogen) atoms. The van der Waals surface area contributed by atoms with Crippen molar-refractivity contribution in [3.63, 3.8) is 0 Å². The topological polar surface area (TPSA) is 55.1 Å². The minimum atomic E-state index is -0.318. The number of hydrogen-bond acceptors (Lipinski definition) is 2. The summed E-state index contributed by atoms with van der Waals surface area (Å²) in [7, 11) is 0. The van der Waals surface area contributed by atoms with Gasteiger partial charge in [0.05, 0.1) is 0 Å². The Hall–Kier alpha value is -1.42. The Kier molecular flexibility index (Phi) is 6.50. The van der Waals surface area contributed by atoms with Crippen LogP contribution in [0.1, 0.15) is 42.1 Å². The van der Waals surface area contributed by atoms with Crippen LogP contribution < -0.4 is 11.1 Å². The van der Waals surface area contributed by atoms with E-state index in [1.54, 1.807) is 6.92 Å². The number of carbonyl (C=O) groups excluding carboxylic acids is 1. The van der Waals surface area contributed by atoms with Crippen LogP contribution in [0, 0.1) is 18.7 Å². The van der Waals surface area contributed by atoms with Gasteiger partial charge in [-0.3, -0.25) is 4.79 Å². The quantitative estimate of drug-likeness (QED) is 0.797. The molecule has 1 aromatic carbocycles. The fraction of sp³-hybridized carbons (Fsp3) is 0.533. The summed E-state index contributed by atoms with van der Waals surface area (Å²) < 4.78 is 13.0. The molecule has 0 aromatic heterocycles. The van der Waals surface area contributed by atoms with Crippen LogP contribution in [0.5, 0.6) is 0 Å². The van der Waals surface area contributed by atoms with E-state index in [1.807, 2.05) is 0 Å². The summed E-state index contributed by atoms with van der Waals surface area (Å²) >= 11 is 0. The van der Waals surface area contributed by atoms with Crippen molar-refractivity contribution in [3.05, 3.63) is 35.1 Å². The van der Waals surface area contributed by atoms with Crippen molar-refractivity contribution in [1.82, 2.24) is 5.32 Å². The number of halogens is 1. The van der Waals surface area contributed by atoms with E-state index < -0.39 is 0 Å². The molecular weight excluding hydrogens is 243 g/mol. The van der Waals surface area contributed by atoms with Gasteiger partial charge < -0.3 is 11.1 Å². The molecule has 0 bridgehead atoms. The highest BCUT2D eigenvalue weighted by molar-refractivity contribution is 5.95. The number of hydrogen-bond donors (Lipinski definition) is 2. The monoisotopic (exact) mass is 266 g/mol. The second kappa shape index (κ2) is 7.89. The van der Waals surface area contributed by atoms with Crippen molar-refractivity contribution >= 4 is 5.91 Å². The van der Waals surface area contributed by atoms with Crippen molar-refractivity contribution in [2.45, 2.75) is 33.1 Å². The number of aryl methyl sites for hydroxylation is 1. The van der Waals surface area contributed by atoms with E-state index in [4.69, 9.17) is 5.73 Å². The third kappa shape index (κ3) is 4.99. The molecule has 0 fully saturated rings.